The molecule has 21 heavy (non-hydrogen) atoms. The van der Waals surface area contributed by atoms with Crippen molar-refractivity contribution < 1.29 is 0 Å². The van der Waals surface area contributed by atoms with Gasteiger partial charge in [0.2, 0.25) is 0 Å². The van der Waals surface area contributed by atoms with Gasteiger partial charge in [0, 0.05) is 23.3 Å². The first-order valence-electron chi connectivity index (χ1n) is 7.06. The maximum absolute atomic E-state index is 5.85. The molecule has 3 rings (SSSR count). The van der Waals surface area contributed by atoms with Crippen molar-refractivity contribution in [2.75, 3.05) is 0 Å². The monoisotopic (exact) mass is 277 g/mol. The van der Waals surface area contributed by atoms with Gasteiger partial charge in [0.25, 0.3) is 0 Å². The number of fused-ring (bicyclic) bond motifs is 1. The summed E-state index contributed by atoms with van der Waals surface area (Å²) in [5.41, 5.74) is 7.67. The highest BCUT2D eigenvalue weighted by Crippen LogP contribution is 2.28. The summed E-state index contributed by atoms with van der Waals surface area (Å²) in [6.45, 7) is 4.21. The van der Waals surface area contributed by atoms with E-state index in [2.05, 4.69) is 54.6 Å². The summed E-state index contributed by atoms with van der Waals surface area (Å²) in [6.07, 6.45) is 3.78. The Morgan fingerprint density at radius 1 is 1.00 bits per heavy atom. The number of aromatic nitrogens is 1. The van der Waals surface area contributed by atoms with Gasteiger partial charge in [-0.25, -0.2) is 5.43 Å². The predicted molar refractivity (Wildman–Crippen MR) is 86.8 cm³/mol. The highest BCUT2D eigenvalue weighted by molar-refractivity contribution is 5.85. The molecule has 1 atom stereocenters. The van der Waals surface area contributed by atoms with Gasteiger partial charge in [-0.05, 0) is 24.8 Å². The van der Waals surface area contributed by atoms with Crippen molar-refractivity contribution in [3.8, 4) is 0 Å². The van der Waals surface area contributed by atoms with E-state index in [4.69, 9.17) is 5.84 Å². The van der Waals surface area contributed by atoms with Crippen LogP contribution in [0, 0.1) is 13.8 Å². The zero-order chi connectivity index (χ0) is 14.8. The fraction of sp³-hybridized carbons (Fsp3) is 0.167. The summed E-state index contributed by atoms with van der Waals surface area (Å²) >= 11 is 0. The van der Waals surface area contributed by atoms with Crippen molar-refractivity contribution in [3.63, 3.8) is 0 Å². The first-order valence-corrected chi connectivity index (χ1v) is 7.06. The van der Waals surface area contributed by atoms with Crippen LogP contribution in [0.3, 0.4) is 0 Å². The molecule has 3 nitrogen and oxygen atoms in total. The van der Waals surface area contributed by atoms with Crippen molar-refractivity contribution >= 4 is 10.8 Å². The summed E-state index contributed by atoms with van der Waals surface area (Å²) in [6, 6.07) is 14.7. The molecule has 1 heterocycles. The molecule has 0 aliphatic heterocycles. The van der Waals surface area contributed by atoms with Gasteiger partial charge in [-0.1, -0.05) is 53.6 Å². The van der Waals surface area contributed by atoms with E-state index in [0.29, 0.717) is 0 Å². The van der Waals surface area contributed by atoms with Crippen LogP contribution in [0.2, 0.25) is 0 Å². The van der Waals surface area contributed by atoms with Gasteiger partial charge in [-0.15, -0.1) is 0 Å². The highest BCUT2D eigenvalue weighted by Gasteiger charge is 2.16. The standard InChI is InChI=1S/C18H19N3/c1-12-7-13(2)9-15(8-12)18(21-19)17-11-20-10-14-5-3-4-6-16(14)17/h3-11,18,21H,19H2,1-2H3. The molecule has 2 aromatic carbocycles. The van der Waals surface area contributed by atoms with Crippen LogP contribution in [0.1, 0.15) is 28.3 Å². The van der Waals surface area contributed by atoms with E-state index in [9.17, 15) is 0 Å². The van der Waals surface area contributed by atoms with Gasteiger partial charge in [-0.3, -0.25) is 10.8 Å². The van der Waals surface area contributed by atoms with E-state index in [1.165, 1.54) is 16.5 Å². The number of hydrogen-bond acceptors (Lipinski definition) is 3. The Morgan fingerprint density at radius 2 is 1.71 bits per heavy atom. The largest absolute Gasteiger partial charge is 0.271 e. The van der Waals surface area contributed by atoms with Crippen LogP contribution < -0.4 is 11.3 Å². The van der Waals surface area contributed by atoms with Gasteiger partial charge >= 0.3 is 0 Å². The number of aryl methyl sites for hydroxylation is 2. The smallest absolute Gasteiger partial charge is 0.0731 e. The zero-order valence-corrected chi connectivity index (χ0v) is 12.3. The first kappa shape index (κ1) is 13.7. The fourth-order valence-corrected chi connectivity index (χ4v) is 2.91. The third kappa shape index (κ3) is 2.66. The predicted octanol–water partition coefficient (Wildman–Crippen LogP) is 3.40. The van der Waals surface area contributed by atoms with Crippen molar-refractivity contribution in [3.05, 3.63) is 77.1 Å². The lowest BCUT2D eigenvalue weighted by molar-refractivity contribution is 0.638. The molecular formula is C18H19N3. The molecule has 106 valence electrons. The molecule has 0 radical (unpaired) electrons. The molecule has 3 N–H and O–H groups in total. The third-order valence-corrected chi connectivity index (χ3v) is 3.75. The van der Waals surface area contributed by atoms with Gasteiger partial charge in [0.05, 0.1) is 6.04 Å². The molecule has 0 amide bonds. The molecular weight excluding hydrogens is 258 g/mol. The maximum atomic E-state index is 5.85. The summed E-state index contributed by atoms with van der Waals surface area (Å²) < 4.78 is 0. The molecule has 0 fully saturated rings. The zero-order valence-electron chi connectivity index (χ0n) is 12.3. The minimum absolute atomic E-state index is 0.0674. The molecule has 1 unspecified atom stereocenters. The van der Waals surface area contributed by atoms with Crippen LogP contribution in [0.4, 0.5) is 0 Å². The van der Waals surface area contributed by atoms with Gasteiger partial charge in [0.15, 0.2) is 0 Å². The quantitative estimate of drug-likeness (QED) is 0.570. The third-order valence-electron chi connectivity index (χ3n) is 3.75. The molecule has 0 aliphatic carbocycles. The van der Waals surface area contributed by atoms with E-state index < -0.39 is 0 Å². The van der Waals surface area contributed by atoms with Crippen LogP contribution in [0.25, 0.3) is 10.8 Å². The normalized spacial score (nSPS) is 12.5. The highest BCUT2D eigenvalue weighted by atomic mass is 15.2. The van der Waals surface area contributed by atoms with E-state index in [1.54, 1.807) is 0 Å². The Morgan fingerprint density at radius 3 is 2.43 bits per heavy atom. The Balaban J connectivity index is 2.18. The van der Waals surface area contributed by atoms with Crippen molar-refractivity contribution in [2.24, 2.45) is 5.84 Å². The van der Waals surface area contributed by atoms with Crippen molar-refractivity contribution in [2.45, 2.75) is 19.9 Å². The van der Waals surface area contributed by atoms with Gasteiger partial charge in [-0.2, -0.15) is 0 Å². The minimum Gasteiger partial charge on any atom is -0.271 e. The Bertz CT molecular complexity index is 755. The molecule has 3 heteroatoms. The summed E-state index contributed by atoms with van der Waals surface area (Å²) in [7, 11) is 0. The number of pyridine rings is 1. The summed E-state index contributed by atoms with van der Waals surface area (Å²) in [5.74, 6) is 5.85. The molecule has 0 bridgehead atoms. The molecule has 3 aromatic rings. The number of nitrogens with two attached hydrogens (primary N) is 1. The van der Waals surface area contributed by atoms with Crippen LogP contribution in [0.15, 0.2) is 54.9 Å². The maximum Gasteiger partial charge on any atom is 0.0731 e. The van der Waals surface area contributed by atoms with Crippen LogP contribution >= 0.6 is 0 Å². The molecule has 0 aliphatic rings. The second-order valence-corrected chi connectivity index (χ2v) is 5.47. The lowest BCUT2D eigenvalue weighted by Crippen LogP contribution is -2.29. The molecule has 0 saturated heterocycles. The lowest BCUT2D eigenvalue weighted by Gasteiger charge is -2.19. The number of nitrogens with zero attached hydrogens (tertiary/aromatic N) is 1. The number of rotatable bonds is 3. The van der Waals surface area contributed by atoms with Crippen LogP contribution in [0.5, 0.6) is 0 Å². The average Bonchev–Trinajstić information content (AvgIpc) is 2.47. The first-order chi connectivity index (χ1) is 10.2. The molecule has 0 saturated carbocycles. The van der Waals surface area contributed by atoms with Gasteiger partial charge < -0.3 is 0 Å². The van der Waals surface area contributed by atoms with E-state index in [0.717, 1.165) is 16.5 Å². The van der Waals surface area contributed by atoms with Crippen LogP contribution in [-0.4, -0.2) is 4.98 Å². The number of hydrazine groups is 1. The van der Waals surface area contributed by atoms with E-state index in [-0.39, 0.29) is 6.04 Å². The minimum atomic E-state index is -0.0674. The van der Waals surface area contributed by atoms with Crippen molar-refractivity contribution in [1.82, 2.24) is 10.4 Å². The summed E-state index contributed by atoms with van der Waals surface area (Å²) in [4.78, 5) is 4.36. The van der Waals surface area contributed by atoms with E-state index in [1.807, 2.05) is 24.5 Å². The second kappa shape index (κ2) is 5.64. The average molecular weight is 277 g/mol. The number of hydrogen-bond donors (Lipinski definition) is 2. The van der Waals surface area contributed by atoms with E-state index >= 15 is 0 Å². The Labute approximate surface area is 124 Å². The van der Waals surface area contributed by atoms with Gasteiger partial charge in [0.1, 0.15) is 0 Å². The Hall–Kier alpha value is -2.23. The number of benzene rings is 2. The lowest BCUT2D eigenvalue weighted by atomic mass is 9.94. The molecule has 1 aromatic heterocycles. The second-order valence-electron chi connectivity index (χ2n) is 5.47. The SMILES string of the molecule is Cc1cc(C)cc(C(NN)c2cncc3ccccc23)c1. The molecule has 0 spiro atoms. The van der Waals surface area contributed by atoms with Crippen LogP contribution in [-0.2, 0) is 0 Å². The summed E-state index contributed by atoms with van der Waals surface area (Å²) in [5, 5.41) is 2.30. The fourth-order valence-electron chi connectivity index (χ4n) is 2.91. The number of nitrogens with one attached hydrogen (secondary N) is 1. The van der Waals surface area contributed by atoms with Crippen molar-refractivity contribution in [1.29, 1.82) is 0 Å². The Kier molecular flexibility index (Phi) is 3.69. The topological polar surface area (TPSA) is 50.9 Å².